The number of aliphatic hydroxyl groups excluding tert-OH is 1. The zero-order valence-electron chi connectivity index (χ0n) is 14.3. The van der Waals surface area contributed by atoms with Gasteiger partial charge < -0.3 is 15.1 Å². The Morgan fingerprint density at radius 1 is 1.52 bits per heavy atom. The van der Waals surface area contributed by atoms with Gasteiger partial charge in [0.25, 0.3) is 6.33 Å². The fourth-order valence-electron chi connectivity index (χ4n) is 4.32. The molecule has 4 heterocycles. The summed E-state index contributed by atoms with van der Waals surface area (Å²) in [5.74, 6) is -0.933. The van der Waals surface area contributed by atoms with Gasteiger partial charge in [-0.2, -0.15) is 0 Å². The molecule has 1 saturated heterocycles. The van der Waals surface area contributed by atoms with Gasteiger partial charge in [0.1, 0.15) is 17.5 Å². The minimum atomic E-state index is -1.08. The van der Waals surface area contributed by atoms with Crippen molar-refractivity contribution >= 4 is 23.6 Å². The smallest absolute Gasteiger partial charge is 0.353 e. The first-order chi connectivity index (χ1) is 11.8. The topological polar surface area (TPSA) is 99.5 Å². The van der Waals surface area contributed by atoms with Gasteiger partial charge in [0.05, 0.1) is 25.1 Å². The van der Waals surface area contributed by atoms with Gasteiger partial charge in [-0.25, -0.2) is 9.36 Å². The number of thioether (sulfide) groups is 1. The molecule has 0 radical (unpaired) electrons. The molecule has 2 N–H and O–H groups in total. The number of carbonyl (C=O) groups excluding carboxylic acids is 1. The number of carbonyl (C=O) groups is 2. The first kappa shape index (κ1) is 16.6. The van der Waals surface area contributed by atoms with Crippen LogP contribution in [-0.4, -0.2) is 48.9 Å². The molecule has 0 aromatic carbocycles. The Kier molecular flexibility index (Phi) is 3.69. The monoisotopic (exact) mass is 365 g/mol. The number of nitrogens with zero attached hydrogens (tertiary/aromatic N) is 4. The first-order valence-electron chi connectivity index (χ1n) is 8.39. The van der Waals surface area contributed by atoms with Crippen LogP contribution >= 0.6 is 11.8 Å². The minimum absolute atomic E-state index is 0.0880. The van der Waals surface area contributed by atoms with Crippen LogP contribution in [-0.2, 0) is 23.2 Å². The number of aliphatic carboxylic acids is 1. The van der Waals surface area contributed by atoms with Crippen molar-refractivity contribution in [2.45, 2.75) is 44.2 Å². The van der Waals surface area contributed by atoms with Crippen LogP contribution in [0.1, 0.15) is 31.3 Å². The highest BCUT2D eigenvalue weighted by Crippen LogP contribution is 2.54. The molecule has 0 bridgehead atoms. The Hall–Kier alpha value is -1.87. The van der Waals surface area contributed by atoms with E-state index in [0.717, 1.165) is 23.7 Å². The first-order valence-corrected chi connectivity index (χ1v) is 9.27. The predicted octanol–water partition coefficient (Wildman–Crippen LogP) is 0.0393. The Morgan fingerprint density at radius 3 is 2.88 bits per heavy atom. The molecule has 134 valence electrons. The molecule has 3 aliphatic rings. The van der Waals surface area contributed by atoms with Crippen LogP contribution in [0.5, 0.6) is 0 Å². The number of aryl methyl sites for hydroxylation is 2. The maximum atomic E-state index is 12.4. The van der Waals surface area contributed by atoms with Gasteiger partial charge in [-0.05, 0) is 6.92 Å². The number of rotatable bonds is 4. The summed E-state index contributed by atoms with van der Waals surface area (Å²) in [5.41, 5.74) is 0.0880. The minimum Gasteiger partial charge on any atom is -0.477 e. The third-order valence-electron chi connectivity index (χ3n) is 5.46. The van der Waals surface area contributed by atoms with Crippen molar-refractivity contribution < 1.29 is 24.4 Å². The standard InChI is InChI=1S/C16H20N4O4S/c1-7-11-10(8(2)21)15(22)20(11)12(16(23)24)13(7)25-9-4-5-19-14(9)18(3)6-17-19/h6-11,21H,4-5H2,1-3H3/p+1/t7-,8-,9?,10-,11-/m1/s1. The van der Waals surface area contributed by atoms with Gasteiger partial charge >= 0.3 is 5.97 Å². The average Bonchev–Trinajstić information content (AvgIpc) is 3.16. The van der Waals surface area contributed by atoms with E-state index in [9.17, 15) is 19.8 Å². The van der Waals surface area contributed by atoms with Crippen LogP contribution in [0.15, 0.2) is 16.9 Å². The van der Waals surface area contributed by atoms with E-state index in [4.69, 9.17) is 0 Å². The van der Waals surface area contributed by atoms with E-state index < -0.39 is 18.0 Å². The van der Waals surface area contributed by atoms with E-state index >= 15 is 0 Å². The Bertz CT molecular complexity index is 802. The van der Waals surface area contributed by atoms with E-state index in [-0.39, 0.29) is 28.8 Å². The third-order valence-corrected chi connectivity index (χ3v) is 7.01. The van der Waals surface area contributed by atoms with Crippen LogP contribution < -0.4 is 4.57 Å². The highest BCUT2D eigenvalue weighted by molar-refractivity contribution is 8.03. The summed E-state index contributed by atoms with van der Waals surface area (Å²) in [6, 6.07) is -0.263. The van der Waals surface area contributed by atoms with Gasteiger partial charge in [0.15, 0.2) is 0 Å². The molecule has 3 aliphatic heterocycles. The van der Waals surface area contributed by atoms with Crippen molar-refractivity contribution in [3.63, 3.8) is 0 Å². The van der Waals surface area contributed by atoms with Gasteiger partial charge in [-0.15, -0.1) is 16.4 Å². The lowest BCUT2D eigenvalue weighted by Crippen LogP contribution is -2.63. The van der Waals surface area contributed by atoms with Crippen molar-refractivity contribution in [2.75, 3.05) is 0 Å². The predicted molar refractivity (Wildman–Crippen MR) is 88.0 cm³/mol. The van der Waals surface area contributed by atoms with E-state index in [1.54, 1.807) is 13.3 Å². The number of aliphatic hydroxyl groups is 1. The molecule has 5 atom stereocenters. The Balaban J connectivity index is 1.68. The molecular formula is C16H21N4O4S+. The van der Waals surface area contributed by atoms with Crippen LogP contribution in [0.25, 0.3) is 0 Å². The van der Waals surface area contributed by atoms with Crippen LogP contribution in [0.2, 0.25) is 0 Å². The molecule has 9 heteroatoms. The fourth-order valence-corrected chi connectivity index (χ4v) is 5.89. The Morgan fingerprint density at radius 2 is 2.24 bits per heavy atom. The molecular weight excluding hydrogens is 344 g/mol. The van der Waals surface area contributed by atoms with Gasteiger partial charge in [-0.1, -0.05) is 6.92 Å². The summed E-state index contributed by atoms with van der Waals surface area (Å²) < 4.78 is 3.90. The van der Waals surface area contributed by atoms with Crippen LogP contribution in [0.4, 0.5) is 0 Å². The third kappa shape index (κ3) is 2.18. The number of hydrogen-bond acceptors (Lipinski definition) is 5. The lowest BCUT2D eigenvalue weighted by molar-refractivity contribution is -0.679. The molecule has 25 heavy (non-hydrogen) atoms. The molecule has 1 unspecified atom stereocenters. The molecule has 1 aromatic heterocycles. The number of aromatic nitrogens is 3. The fraction of sp³-hybridized carbons (Fsp3) is 0.625. The van der Waals surface area contributed by atoms with E-state index in [1.807, 2.05) is 23.2 Å². The number of hydrogen-bond donors (Lipinski definition) is 2. The van der Waals surface area contributed by atoms with Crippen molar-refractivity contribution in [1.29, 1.82) is 0 Å². The lowest BCUT2D eigenvalue weighted by atomic mass is 9.79. The molecule has 1 amide bonds. The summed E-state index contributed by atoms with van der Waals surface area (Å²) in [5, 5.41) is 24.0. The average molecular weight is 365 g/mol. The second-order valence-corrected chi connectivity index (χ2v) is 8.23. The van der Waals surface area contributed by atoms with E-state index in [0.29, 0.717) is 0 Å². The summed E-state index contributed by atoms with van der Waals surface area (Å²) in [6.45, 7) is 4.35. The number of carboxylic acids is 1. The molecule has 1 fully saturated rings. The summed E-state index contributed by atoms with van der Waals surface area (Å²) in [4.78, 5) is 26.3. The second kappa shape index (κ2) is 5.57. The van der Waals surface area contributed by atoms with E-state index in [2.05, 4.69) is 5.10 Å². The zero-order chi connectivity index (χ0) is 18.0. The van der Waals surface area contributed by atoms with Gasteiger partial charge in [0, 0.05) is 22.3 Å². The van der Waals surface area contributed by atoms with Gasteiger partial charge in [-0.3, -0.25) is 4.79 Å². The zero-order valence-corrected chi connectivity index (χ0v) is 15.1. The van der Waals surface area contributed by atoms with Crippen LogP contribution in [0, 0.1) is 11.8 Å². The second-order valence-electron chi connectivity index (χ2n) is 6.99. The number of amides is 1. The molecule has 0 aliphatic carbocycles. The van der Waals surface area contributed by atoms with Crippen molar-refractivity contribution in [2.24, 2.45) is 18.9 Å². The quantitative estimate of drug-likeness (QED) is 0.577. The highest BCUT2D eigenvalue weighted by Gasteiger charge is 2.60. The molecule has 1 aromatic rings. The molecule has 4 rings (SSSR count). The summed E-state index contributed by atoms with van der Waals surface area (Å²) in [6.07, 6.45) is 1.86. The SMILES string of the molecule is C[C@@H](O)[C@H]1C(=O)N2C(C(=O)O)=C(SC3CCn4nc[n+](C)c43)[C@H](C)[C@H]12. The molecule has 0 saturated carbocycles. The normalized spacial score (nSPS) is 31.8. The number of fused-ring (bicyclic) bond motifs is 2. The maximum absolute atomic E-state index is 12.4. The van der Waals surface area contributed by atoms with Crippen LogP contribution in [0.3, 0.4) is 0 Å². The molecule has 0 spiro atoms. The molecule has 8 nitrogen and oxygen atoms in total. The number of carboxylic acid groups (broad SMARTS) is 1. The van der Waals surface area contributed by atoms with Crippen molar-refractivity contribution in [3.8, 4) is 0 Å². The maximum Gasteiger partial charge on any atom is 0.353 e. The summed E-state index contributed by atoms with van der Waals surface area (Å²) in [7, 11) is 1.93. The summed E-state index contributed by atoms with van der Waals surface area (Å²) >= 11 is 1.53. The van der Waals surface area contributed by atoms with E-state index in [1.165, 1.54) is 16.7 Å². The van der Waals surface area contributed by atoms with Gasteiger partial charge in [0.2, 0.25) is 11.7 Å². The lowest BCUT2D eigenvalue weighted by Gasteiger charge is -2.46. The number of β-lactam (4-membered cyclic amide) rings is 1. The largest absolute Gasteiger partial charge is 0.477 e. The highest BCUT2D eigenvalue weighted by atomic mass is 32.2. The Labute approximate surface area is 149 Å². The van der Waals surface area contributed by atoms with Crippen molar-refractivity contribution in [3.05, 3.63) is 22.8 Å². The van der Waals surface area contributed by atoms with Crippen molar-refractivity contribution in [1.82, 2.24) is 14.7 Å².